The van der Waals surface area contributed by atoms with E-state index < -0.39 is 6.04 Å². The molecule has 3 heterocycles. The number of pyridine rings is 1. The second-order valence-corrected chi connectivity index (χ2v) is 5.99. The van der Waals surface area contributed by atoms with Crippen LogP contribution in [0.3, 0.4) is 0 Å². The topological polar surface area (TPSA) is 77.6 Å². The summed E-state index contributed by atoms with van der Waals surface area (Å²) in [5.41, 5.74) is 1.79. The number of nitrogens with one attached hydrogen (secondary N) is 1. The van der Waals surface area contributed by atoms with Crippen molar-refractivity contribution < 1.29 is 4.79 Å². The van der Waals surface area contributed by atoms with Gasteiger partial charge in [-0.05, 0) is 29.3 Å². The molecule has 1 atom stereocenters. The minimum Gasteiger partial charge on any atom is -0.350 e. The molecule has 0 saturated carbocycles. The molecule has 7 heteroatoms. The van der Waals surface area contributed by atoms with E-state index in [-0.39, 0.29) is 5.91 Å². The summed E-state index contributed by atoms with van der Waals surface area (Å²) in [6.07, 6.45) is 8.73. The third-order valence-corrected chi connectivity index (χ3v) is 4.17. The SMILES string of the molecule is O=C(NCc1ccc(-n2cccn2)nc1)[C@H](c1ccccc1)n1cccn1. The number of benzene rings is 1. The molecule has 0 spiro atoms. The van der Waals surface area contributed by atoms with Crippen LogP contribution in [0, 0.1) is 0 Å². The van der Waals surface area contributed by atoms with Crippen LogP contribution in [0.15, 0.2) is 85.6 Å². The van der Waals surface area contributed by atoms with E-state index in [2.05, 4.69) is 20.5 Å². The lowest BCUT2D eigenvalue weighted by molar-refractivity contribution is -0.123. The van der Waals surface area contributed by atoms with Crippen molar-refractivity contribution in [3.8, 4) is 5.82 Å². The van der Waals surface area contributed by atoms with Crippen LogP contribution in [0.1, 0.15) is 17.2 Å². The van der Waals surface area contributed by atoms with E-state index in [1.54, 1.807) is 40.2 Å². The normalized spacial score (nSPS) is 11.9. The van der Waals surface area contributed by atoms with Crippen LogP contribution in [0.2, 0.25) is 0 Å². The highest BCUT2D eigenvalue weighted by molar-refractivity contribution is 5.83. The summed E-state index contributed by atoms with van der Waals surface area (Å²) in [7, 11) is 0. The van der Waals surface area contributed by atoms with Gasteiger partial charge in [0.25, 0.3) is 0 Å². The van der Waals surface area contributed by atoms with Crippen LogP contribution in [-0.4, -0.2) is 30.5 Å². The predicted octanol–water partition coefficient (Wildman–Crippen LogP) is 2.37. The molecule has 0 saturated heterocycles. The second-order valence-electron chi connectivity index (χ2n) is 5.99. The number of aromatic nitrogens is 5. The quantitative estimate of drug-likeness (QED) is 0.574. The fourth-order valence-corrected chi connectivity index (χ4v) is 2.84. The van der Waals surface area contributed by atoms with Crippen molar-refractivity contribution in [1.82, 2.24) is 29.9 Å². The van der Waals surface area contributed by atoms with Crippen molar-refractivity contribution in [3.05, 3.63) is 96.7 Å². The number of carbonyl (C=O) groups excluding carboxylic acids is 1. The molecule has 134 valence electrons. The lowest BCUT2D eigenvalue weighted by Gasteiger charge is -2.18. The third kappa shape index (κ3) is 3.77. The van der Waals surface area contributed by atoms with Crippen molar-refractivity contribution in [2.75, 3.05) is 0 Å². The predicted molar refractivity (Wildman–Crippen MR) is 100 cm³/mol. The molecule has 1 amide bonds. The Labute approximate surface area is 156 Å². The van der Waals surface area contributed by atoms with Crippen molar-refractivity contribution >= 4 is 5.91 Å². The Bertz CT molecular complexity index is 979. The van der Waals surface area contributed by atoms with Crippen LogP contribution < -0.4 is 5.32 Å². The van der Waals surface area contributed by atoms with Crippen LogP contribution in [0.4, 0.5) is 0 Å². The van der Waals surface area contributed by atoms with Crippen LogP contribution >= 0.6 is 0 Å². The molecule has 0 aliphatic carbocycles. The molecule has 4 rings (SSSR count). The standard InChI is InChI=1S/C20H18N6O/c27-20(19(26-13-5-11-24-26)17-6-2-1-3-7-17)22-15-16-8-9-18(21-14-16)25-12-4-10-23-25/h1-14,19H,15H2,(H,22,27)/t19-/m0/s1. The van der Waals surface area contributed by atoms with E-state index in [9.17, 15) is 4.79 Å². The maximum Gasteiger partial charge on any atom is 0.249 e. The summed E-state index contributed by atoms with van der Waals surface area (Å²) in [6, 6.07) is 16.5. The van der Waals surface area contributed by atoms with E-state index in [1.165, 1.54) is 0 Å². The molecule has 7 nitrogen and oxygen atoms in total. The molecule has 27 heavy (non-hydrogen) atoms. The van der Waals surface area contributed by atoms with Crippen molar-refractivity contribution in [2.45, 2.75) is 12.6 Å². The van der Waals surface area contributed by atoms with Gasteiger partial charge in [-0.3, -0.25) is 9.48 Å². The van der Waals surface area contributed by atoms with Gasteiger partial charge in [-0.1, -0.05) is 36.4 Å². The first kappa shape index (κ1) is 16.7. The van der Waals surface area contributed by atoms with E-state index in [1.807, 2.05) is 54.7 Å². The first-order valence-electron chi connectivity index (χ1n) is 8.58. The highest BCUT2D eigenvalue weighted by Gasteiger charge is 2.22. The van der Waals surface area contributed by atoms with Gasteiger partial charge in [0.15, 0.2) is 11.9 Å². The van der Waals surface area contributed by atoms with Crippen LogP contribution in [-0.2, 0) is 11.3 Å². The van der Waals surface area contributed by atoms with Gasteiger partial charge in [-0.15, -0.1) is 0 Å². The van der Waals surface area contributed by atoms with E-state index in [4.69, 9.17) is 0 Å². The molecule has 4 aromatic rings. The number of nitrogens with zero attached hydrogens (tertiary/aromatic N) is 5. The lowest BCUT2D eigenvalue weighted by Crippen LogP contribution is -2.33. The fourth-order valence-electron chi connectivity index (χ4n) is 2.84. The number of hydrogen-bond donors (Lipinski definition) is 1. The van der Waals surface area contributed by atoms with Gasteiger partial charge in [0.05, 0.1) is 0 Å². The summed E-state index contributed by atoms with van der Waals surface area (Å²) in [5, 5.41) is 11.4. The molecular formula is C20H18N6O. The molecule has 0 bridgehead atoms. The Balaban J connectivity index is 1.47. The lowest BCUT2D eigenvalue weighted by atomic mass is 10.1. The maximum absolute atomic E-state index is 12.9. The monoisotopic (exact) mass is 358 g/mol. The number of carbonyl (C=O) groups is 1. The largest absolute Gasteiger partial charge is 0.350 e. The molecule has 0 unspecified atom stereocenters. The van der Waals surface area contributed by atoms with Gasteiger partial charge < -0.3 is 5.32 Å². The zero-order valence-electron chi connectivity index (χ0n) is 14.5. The van der Waals surface area contributed by atoms with Gasteiger partial charge >= 0.3 is 0 Å². The maximum atomic E-state index is 12.9. The van der Waals surface area contributed by atoms with Gasteiger partial charge in [0.1, 0.15) is 0 Å². The molecular weight excluding hydrogens is 340 g/mol. The zero-order valence-corrected chi connectivity index (χ0v) is 14.5. The summed E-state index contributed by atoms with van der Waals surface area (Å²) in [6.45, 7) is 0.385. The average molecular weight is 358 g/mol. The molecule has 0 fully saturated rings. The van der Waals surface area contributed by atoms with Gasteiger partial charge in [-0.2, -0.15) is 10.2 Å². The second kappa shape index (κ2) is 7.65. The van der Waals surface area contributed by atoms with E-state index in [0.29, 0.717) is 6.54 Å². The van der Waals surface area contributed by atoms with Gasteiger partial charge in [0.2, 0.25) is 5.91 Å². The van der Waals surface area contributed by atoms with Crippen molar-refractivity contribution in [3.63, 3.8) is 0 Å². The average Bonchev–Trinajstić information content (AvgIpc) is 3.42. The van der Waals surface area contributed by atoms with Gasteiger partial charge in [-0.25, -0.2) is 9.67 Å². The van der Waals surface area contributed by atoms with Gasteiger partial charge in [0, 0.05) is 37.5 Å². The molecule has 3 aromatic heterocycles. The van der Waals surface area contributed by atoms with Crippen LogP contribution in [0.5, 0.6) is 0 Å². The first-order chi connectivity index (χ1) is 13.3. The smallest absolute Gasteiger partial charge is 0.249 e. The molecule has 1 aromatic carbocycles. The fraction of sp³-hybridized carbons (Fsp3) is 0.100. The Kier molecular flexibility index (Phi) is 4.74. The van der Waals surface area contributed by atoms with E-state index in [0.717, 1.165) is 16.9 Å². The summed E-state index contributed by atoms with van der Waals surface area (Å²) in [5.74, 6) is 0.606. The first-order valence-corrected chi connectivity index (χ1v) is 8.58. The van der Waals surface area contributed by atoms with Crippen molar-refractivity contribution in [1.29, 1.82) is 0 Å². The molecule has 1 N–H and O–H groups in total. The Morgan fingerprint density at radius 1 is 0.963 bits per heavy atom. The summed E-state index contributed by atoms with van der Waals surface area (Å²) >= 11 is 0. The van der Waals surface area contributed by atoms with Crippen molar-refractivity contribution in [2.24, 2.45) is 0 Å². The number of rotatable bonds is 6. The third-order valence-electron chi connectivity index (χ3n) is 4.17. The van der Waals surface area contributed by atoms with Crippen LogP contribution in [0.25, 0.3) is 5.82 Å². The minimum atomic E-state index is -0.516. The Morgan fingerprint density at radius 3 is 2.44 bits per heavy atom. The minimum absolute atomic E-state index is 0.124. The zero-order chi connectivity index (χ0) is 18.5. The highest BCUT2D eigenvalue weighted by atomic mass is 16.2. The summed E-state index contributed by atoms with van der Waals surface area (Å²) < 4.78 is 3.34. The highest BCUT2D eigenvalue weighted by Crippen LogP contribution is 2.17. The molecule has 0 aliphatic heterocycles. The molecule has 0 aliphatic rings. The summed E-state index contributed by atoms with van der Waals surface area (Å²) in [4.78, 5) is 17.2. The Morgan fingerprint density at radius 2 is 1.78 bits per heavy atom. The molecule has 0 radical (unpaired) electrons. The number of amides is 1. The number of hydrogen-bond acceptors (Lipinski definition) is 4. The van der Waals surface area contributed by atoms with E-state index >= 15 is 0 Å². The Hall–Kier alpha value is -3.74.